The van der Waals surface area contributed by atoms with Crippen molar-refractivity contribution in [3.8, 4) is 11.3 Å². The van der Waals surface area contributed by atoms with Gasteiger partial charge in [-0.15, -0.1) is 0 Å². The summed E-state index contributed by atoms with van der Waals surface area (Å²) in [6.07, 6.45) is 6.90. The predicted octanol–water partition coefficient (Wildman–Crippen LogP) is 3.45. The third-order valence-electron chi connectivity index (χ3n) is 4.07. The lowest BCUT2D eigenvalue weighted by Gasteiger charge is -2.28. The molecular formula is C16H21N3O. The fraction of sp³-hybridized carbons (Fsp3) is 0.438. The maximum Gasteiger partial charge on any atom is 0.0650 e. The van der Waals surface area contributed by atoms with Gasteiger partial charge in [0.15, 0.2) is 0 Å². The van der Waals surface area contributed by atoms with E-state index in [0.717, 1.165) is 24.1 Å². The van der Waals surface area contributed by atoms with Crippen molar-refractivity contribution in [2.75, 3.05) is 12.4 Å². The van der Waals surface area contributed by atoms with Crippen LogP contribution in [0.25, 0.3) is 11.3 Å². The van der Waals surface area contributed by atoms with Gasteiger partial charge in [-0.05, 0) is 49.4 Å². The summed E-state index contributed by atoms with van der Waals surface area (Å²) in [6.45, 7) is 0. The summed E-state index contributed by atoms with van der Waals surface area (Å²) in [4.78, 5) is 0. The number of aromatic nitrogens is 2. The van der Waals surface area contributed by atoms with Crippen LogP contribution < -0.4 is 5.32 Å². The molecule has 20 heavy (non-hydrogen) atoms. The van der Waals surface area contributed by atoms with E-state index in [1.165, 1.54) is 18.5 Å². The summed E-state index contributed by atoms with van der Waals surface area (Å²) in [6, 6.07) is 11.1. The van der Waals surface area contributed by atoms with Crippen molar-refractivity contribution >= 4 is 5.69 Å². The average Bonchev–Trinajstić information content (AvgIpc) is 3.03. The molecule has 1 aliphatic rings. The molecule has 0 atom stereocenters. The zero-order valence-corrected chi connectivity index (χ0v) is 11.8. The zero-order valence-electron chi connectivity index (χ0n) is 11.8. The first kappa shape index (κ1) is 13.2. The van der Waals surface area contributed by atoms with E-state index in [0.29, 0.717) is 12.1 Å². The fourth-order valence-electron chi connectivity index (χ4n) is 2.84. The number of nitrogens with one attached hydrogen (secondary N) is 2. The molecule has 106 valence electrons. The van der Waals surface area contributed by atoms with Crippen LogP contribution >= 0.6 is 0 Å². The molecule has 0 saturated heterocycles. The highest BCUT2D eigenvalue weighted by atomic mass is 16.5. The minimum absolute atomic E-state index is 0.454. The van der Waals surface area contributed by atoms with E-state index in [1.807, 2.05) is 13.2 Å². The first-order chi connectivity index (χ1) is 9.85. The second-order valence-electron chi connectivity index (χ2n) is 5.40. The molecule has 1 aromatic carbocycles. The Morgan fingerprint density at radius 2 is 1.85 bits per heavy atom. The third-order valence-corrected chi connectivity index (χ3v) is 4.07. The van der Waals surface area contributed by atoms with Crippen molar-refractivity contribution in [3.05, 3.63) is 36.5 Å². The van der Waals surface area contributed by atoms with Crippen molar-refractivity contribution < 1.29 is 4.74 Å². The first-order valence-corrected chi connectivity index (χ1v) is 7.24. The molecule has 3 rings (SSSR count). The van der Waals surface area contributed by atoms with Crippen LogP contribution in [0.3, 0.4) is 0 Å². The summed E-state index contributed by atoms with van der Waals surface area (Å²) in [7, 11) is 1.81. The lowest BCUT2D eigenvalue weighted by atomic mass is 9.93. The molecule has 0 unspecified atom stereocenters. The molecule has 1 heterocycles. The molecule has 1 aliphatic carbocycles. The highest BCUT2D eigenvalue weighted by Crippen LogP contribution is 2.25. The molecule has 2 N–H and O–H groups in total. The lowest BCUT2D eigenvalue weighted by Crippen LogP contribution is -2.29. The quantitative estimate of drug-likeness (QED) is 0.895. The number of rotatable bonds is 4. The van der Waals surface area contributed by atoms with Crippen LogP contribution in [0, 0.1) is 0 Å². The number of anilines is 1. The third kappa shape index (κ3) is 3.02. The Labute approximate surface area is 119 Å². The van der Waals surface area contributed by atoms with E-state index >= 15 is 0 Å². The van der Waals surface area contributed by atoms with Gasteiger partial charge in [0, 0.05) is 25.0 Å². The number of ether oxygens (including phenoxy) is 1. The molecule has 4 nitrogen and oxygen atoms in total. The maximum atomic E-state index is 5.41. The van der Waals surface area contributed by atoms with Crippen molar-refractivity contribution in [1.29, 1.82) is 0 Å². The van der Waals surface area contributed by atoms with Crippen molar-refractivity contribution in [1.82, 2.24) is 10.2 Å². The number of hydrogen-bond acceptors (Lipinski definition) is 3. The summed E-state index contributed by atoms with van der Waals surface area (Å²) in [5, 5.41) is 10.6. The van der Waals surface area contributed by atoms with Gasteiger partial charge in [0.05, 0.1) is 11.8 Å². The van der Waals surface area contributed by atoms with Crippen LogP contribution in [0.1, 0.15) is 25.7 Å². The number of aromatic amines is 1. The van der Waals surface area contributed by atoms with Crippen molar-refractivity contribution in [2.24, 2.45) is 0 Å². The molecule has 1 aromatic heterocycles. The smallest absolute Gasteiger partial charge is 0.0650 e. The molecule has 4 heteroatoms. The Morgan fingerprint density at radius 3 is 2.45 bits per heavy atom. The highest BCUT2D eigenvalue weighted by Gasteiger charge is 2.20. The minimum Gasteiger partial charge on any atom is -0.382 e. The standard InChI is InChI=1S/C16H21N3O/c1-20-15-8-6-14(7-9-15)18-13-4-2-12(3-5-13)16-10-11-17-19-16/h2-5,10-11,14-15,18H,6-9H2,1H3,(H,17,19). The lowest BCUT2D eigenvalue weighted by molar-refractivity contribution is 0.0682. The molecule has 0 aliphatic heterocycles. The van der Waals surface area contributed by atoms with Crippen molar-refractivity contribution in [3.63, 3.8) is 0 Å². The van der Waals surface area contributed by atoms with Crippen LogP contribution in [-0.2, 0) is 4.74 Å². The van der Waals surface area contributed by atoms with E-state index in [4.69, 9.17) is 4.74 Å². The van der Waals surface area contributed by atoms with E-state index in [1.54, 1.807) is 6.20 Å². The van der Waals surface area contributed by atoms with E-state index < -0.39 is 0 Å². The molecular weight excluding hydrogens is 250 g/mol. The van der Waals surface area contributed by atoms with E-state index in [-0.39, 0.29) is 0 Å². The first-order valence-electron chi connectivity index (χ1n) is 7.24. The normalized spacial score (nSPS) is 22.6. The van der Waals surface area contributed by atoms with Gasteiger partial charge in [-0.2, -0.15) is 5.10 Å². The number of H-pyrrole nitrogens is 1. The van der Waals surface area contributed by atoms with Crippen LogP contribution in [0.4, 0.5) is 5.69 Å². The summed E-state index contributed by atoms with van der Waals surface area (Å²) in [5.41, 5.74) is 3.41. The number of nitrogens with zero attached hydrogens (tertiary/aromatic N) is 1. The van der Waals surface area contributed by atoms with Gasteiger partial charge in [-0.1, -0.05) is 12.1 Å². The van der Waals surface area contributed by atoms with Gasteiger partial charge < -0.3 is 10.1 Å². The summed E-state index contributed by atoms with van der Waals surface area (Å²) >= 11 is 0. The summed E-state index contributed by atoms with van der Waals surface area (Å²) < 4.78 is 5.41. The Balaban J connectivity index is 1.59. The summed E-state index contributed by atoms with van der Waals surface area (Å²) in [5.74, 6) is 0. The van der Waals surface area contributed by atoms with Gasteiger partial charge >= 0.3 is 0 Å². The molecule has 1 fully saturated rings. The van der Waals surface area contributed by atoms with Gasteiger partial charge in [0.1, 0.15) is 0 Å². The van der Waals surface area contributed by atoms with Gasteiger partial charge in [0.2, 0.25) is 0 Å². The molecule has 1 saturated carbocycles. The second kappa shape index (κ2) is 6.09. The zero-order chi connectivity index (χ0) is 13.8. The highest BCUT2D eigenvalue weighted by molar-refractivity contribution is 5.62. The Morgan fingerprint density at radius 1 is 1.10 bits per heavy atom. The van der Waals surface area contributed by atoms with Crippen LogP contribution in [-0.4, -0.2) is 29.5 Å². The number of methoxy groups -OCH3 is 1. The molecule has 0 bridgehead atoms. The maximum absolute atomic E-state index is 5.41. The minimum atomic E-state index is 0.454. The Kier molecular flexibility index (Phi) is 4.02. The molecule has 2 aromatic rings. The van der Waals surface area contributed by atoms with Gasteiger partial charge in [-0.25, -0.2) is 0 Å². The number of hydrogen-bond donors (Lipinski definition) is 2. The number of benzene rings is 1. The van der Waals surface area contributed by atoms with Crippen LogP contribution in [0.15, 0.2) is 36.5 Å². The molecule has 0 spiro atoms. The fourth-order valence-corrected chi connectivity index (χ4v) is 2.84. The molecule has 0 radical (unpaired) electrons. The van der Waals surface area contributed by atoms with Crippen molar-refractivity contribution in [2.45, 2.75) is 37.8 Å². The van der Waals surface area contributed by atoms with Gasteiger partial charge in [-0.3, -0.25) is 5.10 Å². The predicted molar refractivity (Wildman–Crippen MR) is 80.7 cm³/mol. The van der Waals surface area contributed by atoms with E-state index in [9.17, 15) is 0 Å². The largest absolute Gasteiger partial charge is 0.382 e. The van der Waals surface area contributed by atoms with Crippen LogP contribution in [0.5, 0.6) is 0 Å². The van der Waals surface area contributed by atoms with E-state index in [2.05, 4.69) is 39.8 Å². The van der Waals surface area contributed by atoms with Gasteiger partial charge in [0.25, 0.3) is 0 Å². The topological polar surface area (TPSA) is 49.9 Å². The second-order valence-corrected chi connectivity index (χ2v) is 5.40. The van der Waals surface area contributed by atoms with Crippen LogP contribution in [0.2, 0.25) is 0 Å². The SMILES string of the molecule is COC1CCC(Nc2ccc(-c3ccn[nH]3)cc2)CC1. The monoisotopic (exact) mass is 271 g/mol. The Hall–Kier alpha value is -1.81. The molecule has 0 amide bonds. The average molecular weight is 271 g/mol. The Bertz CT molecular complexity index is 513.